The molecule has 0 saturated carbocycles. The topological polar surface area (TPSA) is 98.1 Å². The average molecular weight is 487 g/mol. The molecule has 9 heteroatoms. The normalized spacial score (nSPS) is 20.2. The summed E-state index contributed by atoms with van der Waals surface area (Å²) in [7, 11) is -3.75. The van der Waals surface area contributed by atoms with E-state index in [-0.39, 0.29) is 35.8 Å². The molecule has 2 heterocycles. The number of hydrogen-bond donors (Lipinski definition) is 1. The standard InChI is InChI=1S/C25H30N2O6S/c1-5-31-22-11-7-8-19-13-23(33-24(19)22)18(4)26-25(28)20-9-6-10-21(12-20)34(29,30)27-14-16(2)32-17(3)15-27/h6-13,16-18H,5,14-15H2,1-4H3,(H,26,28). The molecule has 3 atom stereocenters. The van der Waals surface area contributed by atoms with Crippen LogP contribution in [0.15, 0.2) is 57.8 Å². The molecule has 3 unspecified atom stereocenters. The second-order valence-corrected chi connectivity index (χ2v) is 10.5. The molecule has 34 heavy (non-hydrogen) atoms. The van der Waals surface area contributed by atoms with E-state index in [0.29, 0.717) is 23.7 Å². The number of rotatable bonds is 7. The highest BCUT2D eigenvalue weighted by molar-refractivity contribution is 7.89. The monoisotopic (exact) mass is 486 g/mol. The fourth-order valence-corrected chi connectivity index (χ4v) is 5.80. The van der Waals surface area contributed by atoms with Crippen LogP contribution in [0.4, 0.5) is 0 Å². The van der Waals surface area contributed by atoms with Crippen molar-refractivity contribution in [3.8, 4) is 5.75 Å². The zero-order valence-corrected chi connectivity index (χ0v) is 20.6. The summed E-state index contributed by atoms with van der Waals surface area (Å²) >= 11 is 0. The van der Waals surface area contributed by atoms with E-state index in [1.54, 1.807) is 12.1 Å². The van der Waals surface area contributed by atoms with Crippen molar-refractivity contribution in [1.29, 1.82) is 0 Å². The summed E-state index contributed by atoms with van der Waals surface area (Å²) in [4.78, 5) is 13.0. The number of amides is 1. The molecule has 1 aliphatic heterocycles. The lowest BCUT2D eigenvalue weighted by atomic mass is 10.1. The number of morpholine rings is 1. The summed E-state index contributed by atoms with van der Waals surface area (Å²) in [6.45, 7) is 8.47. The van der Waals surface area contributed by atoms with Crippen molar-refractivity contribution in [1.82, 2.24) is 9.62 Å². The van der Waals surface area contributed by atoms with E-state index < -0.39 is 22.0 Å². The Morgan fingerprint density at radius 3 is 2.56 bits per heavy atom. The van der Waals surface area contributed by atoms with Crippen molar-refractivity contribution >= 4 is 26.9 Å². The van der Waals surface area contributed by atoms with Crippen molar-refractivity contribution in [2.75, 3.05) is 19.7 Å². The molecule has 0 aliphatic carbocycles. The van der Waals surface area contributed by atoms with Crippen molar-refractivity contribution in [2.45, 2.75) is 50.8 Å². The van der Waals surface area contributed by atoms with E-state index in [4.69, 9.17) is 13.9 Å². The molecule has 4 rings (SSSR count). The minimum absolute atomic E-state index is 0.0826. The minimum atomic E-state index is -3.75. The second kappa shape index (κ2) is 9.77. The number of nitrogens with zero attached hydrogens (tertiary/aromatic N) is 1. The van der Waals surface area contributed by atoms with Crippen LogP contribution in [-0.4, -0.2) is 50.5 Å². The van der Waals surface area contributed by atoms with E-state index in [2.05, 4.69) is 5.32 Å². The zero-order chi connectivity index (χ0) is 24.5. The van der Waals surface area contributed by atoms with E-state index in [0.717, 1.165) is 5.39 Å². The molecule has 8 nitrogen and oxygen atoms in total. The number of nitrogens with one attached hydrogen (secondary N) is 1. The number of carbonyl (C=O) groups excluding carboxylic acids is 1. The van der Waals surface area contributed by atoms with Crippen molar-refractivity contribution < 1.29 is 27.1 Å². The molecule has 1 saturated heterocycles. The van der Waals surface area contributed by atoms with E-state index in [1.165, 1.54) is 16.4 Å². The molecular formula is C25H30N2O6S. The molecule has 1 fully saturated rings. The van der Waals surface area contributed by atoms with Crippen LogP contribution in [-0.2, 0) is 14.8 Å². The van der Waals surface area contributed by atoms with Gasteiger partial charge in [0, 0.05) is 24.0 Å². The quantitative estimate of drug-likeness (QED) is 0.540. The highest BCUT2D eigenvalue weighted by atomic mass is 32.2. The smallest absolute Gasteiger partial charge is 0.251 e. The molecule has 3 aromatic rings. The van der Waals surface area contributed by atoms with Crippen molar-refractivity contribution in [3.05, 3.63) is 59.9 Å². The fraction of sp³-hybridized carbons (Fsp3) is 0.400. The Kier molecular flexibility index (Phi) is 6.97. The first-order chi connectivity index (χ1) is 16.2. The summed E-state index contributed by atoms with van der Waals surface area (Å²) in [6, 6.07) is 13.2. The first-order valence-corrected chi connectivity index (χ1v) is 12.8. The fourth-order valence-electron chi connectivity index (χ4n) is 4.16. The summed E-state index contributed by atoms with van der Waals surface area (Å²) in [5, 5.41) is 3.77. The number of hydrogen-bond acceptors (Lipinski definition) is 6. The molecule has 0 radical (unpaired) electrons. The van der Waals surface area contributed by atoms with Crippen LogP contribution < -0.4 is 10.1 Å². The van der Waals surface area contributed by atoms with Gasteiger partial charge in [-0.15, -0.1) is 0 Å². The molecule has 1 N–H and O–H groups in total. The van der Waals surface area contributed by atoms with Crippen molar-refractivity contribution in [3.63, 3.8) is 0 Å². The van der Waals surface area contributed by atoms with E-state index >= 15 is 0 Å². The minimum Gasteiger partial charge on any atom is -0.490 e. The molecule has 1 aliphatic rings. The van der Waals surface area contributed by atoms with Crippen LogP contribution in [0.3, 0.4) is 0 Å². The van der Waals surface area contributed by atoms with Gasteiger partial charge in [0.1, 0.15) is 5.76 Å². The van der Waals surface area contributed by atoms with Crippen LogP contribution in [0.25, 0.3) is 11.0 Å². The summed E-state index contributed by atoms with van der Waals surface area (Å²) in [6.07, 6.45) is -0.393. The third kappa shape index (κ3) is 4.96. The number of carbonyl (C=O) groups is 1. The maximum Gasteiger partial charge on any atom is 0.251 e. The Labute approximate surface area is 199 Å². The maximum atomic E-state index is 13.2. The van der Waals surface area contributed by atoms with Gasteiger partial charge in [0.25, 0.3) is 5.91 Å². The van der Waals surface area contributed by atoms with Crippen LogP contribution >= 0.6 is 0 Å². The number of furan rings is 1. The molecule has 2 aromatic carbocycles. The number of fused-ring (bicyclic) bond motifs is 1. The van der Waals surface area contributed by atoms with Crippen LogP contribution in [0.5, 0.6) is 5.75 Å². The Bertz CT molecular complexity index is 1280. The molecule has 1 amide bonds. The molecule has 0 bridgehead atoms. The third-order valence-corrected chi connectivity index (χ3v) is 7.55. The summed E-state index contributed by atoms with van der Waals surface area (Å²) < 4.78 is 45.0. The van der Waals surface area contributed by atoms with Gasteiger partial charge in [-0.2, -0.15) is 4.31 Å². The lowest BCUT2D eigenvalue weighted by molar-refractivity contribution is -0.0440. The van der Waals surface area contributed by atoms with Gasteiger partial charge in [0.2, 0.25) is 10.0 Å². The van der Waals surface area contributed by atoms with Gasteiger partial charge in [-0.1, -0.05) is 18.2 Å². The number of benzene rings is 2. The Hall–Kier alpha value is -2.88. The second-order valence-electron chi connectivity index (χ2n) is 8.56. The van der Waals surface area contributed by atoms with E-state index in [1.807, 2.05) is 52.0 Å². The first kappa shape index (κ1) is 24.3. The maximum absolute atomic E-state index is 13.2. The molecular weight excluding hydrogens is 456 g/mol. The summed E-state index contributed by atoms with van der Waals surface area (Å²) in [5.41, 5.74) is 0.885. The van der Waals surface area contributed by atoms with Gasteiger partial charge >= 0.3 is 0 Å². The summed E-state index contributed by atoms with van der Waals surface area (Å²) in [5.74, 6) is 0.837. The van der Waals surface area contributed by atoms with Gasteiger partial charge in [-0.3, -0.25) is 4.79 Å². The lowest BCUT2D eigenvalue weighted by Gasteiger charge is -2.34. The van der Waals surface area contributed by atoms with Gasteiger partial charge < -0.3 is 19.2 Å². The predicted octanol–water partition coefficient (Wildman–Crippen LogP) is 4.12. The van der Waals surface area contributed by atoms with E-state index in [9.17, 15) is 13.2 Å². The number of ether oxygens (including phenoxy) is 2. The lowest BCUT2D eigenvalue weighted by Crippen LogP contribution is -2.48. The number of sulfonamides is 1. The zero-order valence-electron chi connectivity index (χ0n) is 19.8. The molecule has 1 aromatic heterocycles. The first-order valence-electron chi connectivity index (χ1n) is 11.4. The Balaban J connectivity index is 1.52. The number of para-hydroxylation sites is 1. The van der Waals surface area contributed by atoms with Gasteiger partial charge in [-0.25, -0.2) is 8.42 Å². The third-order valence-electron chi connectivity index (χ3n) is 5.72. The van der Waals surface area contributed by atoms with Crippen molar-refractivity contribution in [2.24, 2.45) is 0 Å². The van der Waals surface area contributed by atoms with Crippen LogP contribution in [0.1, 0.15) is 49.9 Å². The molecule has 0 spiro atoms. The van der Waals surface area contributed by atoms with Crippen LogP contribution in [0, 0.1) is 0 Å². The SMILES string of the molecule is CCOc1cccc2cc(C(C)NC(=O)c3cccc(S(=O)(=O)N4CC(C)OC(C)C4)c3)oc12. The highest BCUT2D eigenvalue weighted by Gasteiger charge is 2.32. The van der Waals surface area contributed by atoms with Gasteiger partial charge in [0.15, 0.2) is 11.3 Å². The van der Waals surface area contributed by atoms with Gasteiger partial charge in [-0.05, 0) is 58.0 Å². The highest BCUT2D eigenvalue weighted by Crippen LogP contribution is 2.31. The Morgan fingerprint density at radius 1 is 1.15 bits per heavy atom. The largest absolute Gasteiger partial charge is 0.490 e. The van der Waals surface area contributed by atoms with Crippen LogP contribution in [0.2, 0.25) is 0 Å². The average Bonchev–Trinajstić information content (AvgIpc) is 3.24. The van der Waals surface area contributed by atoms with Gasteiger partial charge in [0.05, 0.1) is 29.8 Å². The Morgan fingerprint density at radius 2 is 1.85 bits per heavy atom. The molecule has 182 valence electrons. The predicted molar refractivity (Wildman–Crippen MR) is 128 cm³/mol.